The minimum absolute atomic E-state index is 0.0200. The minimum Gasteiger partial charge on any atom is -0.367 e. The first-order valence-corrected chi connectivity index (χ1v) is 10.2. The first-order valence-electron chi connectivity index (χ1n) is 8.84. The SMILES string of the molecule is C#CCN1CCN(c2ccccc2NC(=O)CSc2ccc(Cl)cc2)CC1. The van der Waals surface area contributed by atoms with Crippen molar-refractivity contribution in [2.24, 2.45) is 0 Å². The molecule has 27 heavy (non-hydrogen) atoms. The fourth-order valence-electron chi connectivity index (χ4n) is 3.00. The number of nitrogens with zero attached hydrogens (tertiary/aromatic N) is 2. The molecule has 0 unspecified atom stereocenters. The number of halogens is 1. The van der Waals surface area contributed by atoms with E-state index in [9.17, 15) is 4.79 Å². The van der Waals surface area contributed by atoms with Crippen LogP contribution in [0, 0.1) is 12.3 Å². The maximum Gasteiger partial charge on any atom is 0.234 e. The molecule has 0 bridgehead atoms. The zero-order valence-corrected chi connectivity index (χ0v) is 16.6. The fraction of sp³-hybridized carbons (Fsp3) is 0.286. The fourth-order valence-corrected chi connectivity index (χ4v) is 3.82. The third-order valence-electron chi connectivity index (χ3n) is 4.39. The van der Waals surface area contributed by atoms with Gasteiger partial charge in [0, 0.05) is 36.1 Å². The number of hydrogen-bond acceptors (Lipinski definition) is 4. The molecule has 2 aromatic rings. The van der Waals surface area contributed by atoms with Crippen molar-refractivity contribution in [2.75, 3.05) is 48.7 Å². The number of terminal acetylenes is 1. The Morgan fingerprint density at radius 2 is 1.81 bits per heavy atom. The molecule has 1 fully saturated rings. The smallest absolute Gasteiger partial charge is 0.234 e. The van der Waals surface area contributed by atoms with Gasteiger partial charge in [-0.2, -0.15) is 0 Å². The molecular formula is C21H22ClN3OS. The van der Waals surface area contributed by atoms with Crippen molar-refractivity contribution >= 4 is 40.6 Å². The van der Waals surface area contributed by atoms with Crippen molar-refractivity contribution in [3.8, 4) is 12.3 Å². The number of nitrogens with one attached hydrogen (secondary N) is 1. The van der Waals surface area contributed by atoms with Crippen molar-refractivity contribution < 1.29 is 4.79 Å². The number of thioether (sulfide) groups is 1. The molecule has 2 aromatic carbocycles. The second-order valence-corrected chi connectivity index (χ2v) is 7.76. The molecule has 1 aliphatic rings. The summed E-state index contributed by atoms with van der Waals surface area (Å²) in [5.41, 5.74) is 1.91. The Hall–Kier alpha value is -2.13. The molecule has 1 heterocycles. The van der Waals surface area contributed by atoms with Crippen LogP contribution in [0.15, 0.2) is 53.4 Å². The summed E-state index contributed by atoms with van der Waals surface area (Å²) in [6.45, 7) is 4.34. The molecule has 0 aliphatic carbocycles. The highest BCUT2D eigenvalue weighted by Crippen LogP contribution is 2.27. The van der Waals surface area contributed by atoms with E-state index >= 15 is 0 Å². The number of carbonyl (C=O) groups excluding carboxylic acids is 1. The number of rotatable bonds is 6. The molecule has 1 amide bonds. The van der Waals surface area contributed by atoms with E-state index in [-0.39, 0.29) is 5.91 Å². The van der Waals surface area contributed by atoms with Gasteiger partial charge in [-0.3, -0.25) is 9.69 Å². The lowest BCUT2D eigenvalue weighted by atomic mass is 10.2. The number of amides is 1. The Balaban J connectivity index is 1.58. The lowest BCUT2D eigenvalue weighted by Gasteiger charge is -2.36. The quantitative estimate of drug-likeness (QED) is 0.591. The molecule has 6 heteroatoms. The van der Waals surface area contributed by atoms with Crippen LogP contribution in [0.1, 0.15) is 0 Å². The normalized spacial score (nSPS) is 14.6. The predicted molar refractivity (Wildman–Crippen MR) is 115 cm³/mol. The first kappa shape index (κ1) is 19.6. The Labute approximate surface area is 169 Å². The first-order chi connectivity index (χ1) is 13.2. The predicted octanol–water partition coefficient (Wildman–Crippen LogP) is 3.83. The number of anilines is 2. The van der Waals surface area contributed by atoms with E-state index in [1.54, 1.807) is 0 Å². The van der Waals surface area contributed by atoms with Gasteiger partial charge in [0.1, 0.15) is 0 Å². The summed E-state index contributed by atoms with van der Waals surface area (Å²) in [4.78, 5) is 18.0. The maximum absolute atomic E-state index is 12.4. The molecule has 140 valence electrons. The van der Waals surface area contributed by atoms with Crippen LogP contribution >= 0.6 is 23.4 Å². The molecule has 1 saturated heterocycles. The average molecular weight is 400 g/mol. The van der Waals surface area contributed by atoms with Crippen LogP contribution < -0.4 is 10.2 Å². The molecule has 0 aromatic heterocycles. The molecular weight excluding hydrogens is 378 g/mol. The number of benzene rings is 2. The van der Waals surface area contributed by atoms with Crippen LogP contribution in [0.4, 0.5) is 11.4 Å². The number of hydrogen-bond donors (Lipinski definition) is 1. The number of carbonyl (C=O) groups is 1. The third-order valence-corrected chi connectivity index (χ3v) is 5.65. The summed E-state index contributed by atoms with van der Waals surface area (Å²) < 4.78 is 0. The molecule has 4 nitrogen and oxygen atoms in total. The highest BCUT2D eigenvalue weighted by atomic mass is 35.5. The van der Waals surface area contributed by atoms with E-state index in [0.717, 1.165) is 42.4 Å². The van der Waals surface area contributed by atoms with Crippen molar-refractivity contribution in [1.29, 1.82) is 0 Å². The van der Waals surface area contributed by atoms with E-state index in [1.165, 1.54) is 11.8 Å². The summed E-state index contributed by atoms with van der Waals surface area (Å²) in [5.74, 6) is 3.03. The van der Waals surface area contributed by atoms with E-state index in [2.05, 4.69) is 27.1 Å². The topological polar surface area (TPSA) is 35.6 Å². The van der Waals surface area contributed by atoms with Gasteiger partial charge < -0.3 is 10.2 Å². The van der Waals surface area contributed by atoms with Gasteiger partial charge >= 0.3 is 0 Å². The molecule has 0 saturated carbocycles. The summed E-state index contributed by atoms with van der Waals surface area (Å²) >= 11 is 7.39. The number of piperazine rings is 1. The van der Waals surface area contributed by atoms with E-state index in [4.69, 9.17) is 18.0 Å². The van der Waals surface area contributed by atoms with Crippen LogP contribution in [0.25, 0.3) is 0 Å². The van der Waals surface area contributed by atoms with Gasteiger partial charge in [0.25, 0.3) is 0 Å². The van der Waals surface area contributed by atoms with Crippen LogP contribution in [-0.4, -0.2) is 49.3 Å². The molecule has 3 rings (SSSR count). The van der Waals surface area contributed by atoms with E-state index in [1.807, 2.05) is 42.5 Å². The van der Waals surface area contributed by atoms with Gasteiger partial charge in [-0.05, 0) is 36.4 Å². The van der Waals surface area contributed by atoms with Gasteiger partial charge in [0.2, 0.25) is 5.91 Å². The van der Waals surface area contributed by atoms with Crippen molar-refractivity contribution in [1.82, 2.24) is 4.90 Å². The van der Waals surface area contributed by atoms with Gasteiger partial charge in [0.05, 0.1) is 23.7 Å². The zero-order chi connectivity index (χ0) is 19.1. The van der Waals surface area contributed by atoms with Crippen molar-refractivity contribution in [3.05, 3.63) is 53.6 Å². The lowest BCUT2D eigenvalue weighted by molar-refractivity contribution is -0.113. The van der Waals surface area contributed by atoms with Gasteiger partial charge in [-0.1, -0.05) is 29.7 Å². The van der Waals surface area contributed by atoms with E-state index < -0.39 is 0 Å². The minimum atomic E-state index is -0.0200. The number of para-hydroxylation sites is 2. The van der Waals surface area contributed by atoms with Crippen molar-refractivity contribution in [2.45, 2.75) is 4.90 Å². The van der Waals surface area contributed by atoms with Gasteiger partial charge in [0.15, 0.2) is 0 Å². The zero-order valence-electron chi connectivity index (χ0n) is 15.0. The molecule has 1 aliphatic heterocycles. The summed E-state index contributed by atoms with van der Waals surface area (Å²) in [5, 5.41) is 3.75. The molecule has 0 atom stereocenters. The molecule has 1 N–H and O–H groups in total. The second kappa shape index (κ2) is 9.70. The molecule has 0 radical (unpaired) electrons. The highest BCUT2D eigenvalue weighted by molar-refractivity contribution is 8.00. The average Bonchev–Trinajstić information content (AvgIpc) is 2.69. The van der Waals surface area contributed by atoms with Gasteiger partial charge in [-0.25, -0.2) is 0 Å². The maximum atomic E-state index is 12.4. The third kappa shape index (κ3) is 5.67. The Kier molecular flexibility index (Phi) is 7.05. The lowest BCUT2D eigenvalue weighted by Crippen LogP contribution is -2.46. The largest absolute Gasteiger partial charge is 0.367 e. The van der Waals surface area contributed by atoms with Crippen LogP contribution in [0.3, 0.4) is 0 Å². The monoisotopic (exact) mass is 399 g/mol. The Morgan fingerprint density at radius 3 is 2.52 bits per heavy atom. The van der Waals surface area contributed by atoms with Crippen LogP contribution in [-0.2, 0) is 4.79 Å². The van der Waals surface area contributed by atoms with Crippen molar-refractivity contribution in [3.63, 3.8) is 0 Å². The summed E-state index contributed by atoms with van der Waals surface area (Å²) in [6, 6.07) is 15.5. The Morgan fingerprint density at radius 1 is 1.11 bits per heavy atom. The van der Waals surface area contributed by atoms with E-state index in [0.29, 0.717) is 17.3 Å². The Bertz CT molecular complexity index is 811. The van der Waals surface area contributed by atoms with Crippen LogP contribution in [0.2, 0.25) is 5.02 Å². The van der Waals surface area contributed by atoms with Gasteiger partial charge in [-0.15, -0.1) is 18.2 Å². The second-order valence-electron chi connectivity index (χ2n) is 6.28. The highest BCUT2D eigenvalue weighted by Gasteiger charge is 2.19. The summed E-state index contributed by atoms with van der Waals surface area (Å²) in [7, 11) is 0. The molecule has 0 spiro atoms. The van der Waals surface area contributed by atoms with Crippen LogP contribution in [0.5, 0.6) is 0 Å². The summed E-state index contributed by atoms with van der Waals surface area (Å²) in [6.07, 6.45) is 5.40. The standard InChI is InChI=1S/C21H22ClN3OS/c1-2-11-24-12-14-25(15-13-24)20-6-4-3-5-19(20)23-21(26)16-27-18-9-7-17(22)8-10-18/h1,3-10H,11-16H2,(H,23,26).